The molecule has 0 saturated heterocycles. The summed E-state index contributed by atoms with van der Waals surface area (Å²) in [7, 11) is 0. The molecule has 0 spiro atoms. The van der Waals surface area contributed by atoms with Gasteiger partial charge in [0.05, 0.1) is 26.0 Å². The van der Waals surface area contributed by atoms with Gasteiger partial charge in [-0.25, -0.2) is 0 Å². The molecule has 2 aromatic heterocycles. The minimum atomic E-state index is -0.0251. The second-order valence-corrected chi connectivity index (χ2v) is 6.31. The number of amides is 1. The summed E-state index contributed by atoms with van der Waals surface area (Å²) in [5, 5.41) is 2.02. The number of hydrogen-bond donors (Lipinski definition) is 0. The largest absolute Gasteiger partial charge is 0.494 e. The number of hydrogen-bond acceptors (Lipinski definition) is 4. The van der Waals surface area contributed by atoms with Crippen LogP contribution in [0.1, 0.15) is 27.9 Å². The Labute approximate surface area is 145 Å². The topological polar surface area (TPSA) is 42.7 Å². The Bertz CT molecular complexity index is 712. The van der Waals surface area contributed by atoms with Crippen molar-refractivity contribution in [3.63, 3.8) is 0 Å². The highest BCUT2D eigenvalue weighted by atomic mass is 32.1. The van der Waals surface area contributed by atoms with Gasteiger partial charge in [-0.2, -0.15) is 0 Å². The molecule has 0 aliphatic carbocycles. The molecule has 2 heterocycles. The number of ether oxygens (including phenoxy) is 1. The van der Waals surface area contributed by atoms with Crippen molar-refractivity contribution in [1.29, 1.82) is 0 Å². The predicted octanol–water partition coefficient (Wildman–Crippen LogP) is 4.58. The van der Waals surface area contributed by atoms with Crippen LogP contribution in [0.25, 0.3) is 0 Å². The number of carbonyl (C=O) groups excluding carboxylic acids is 1. The van der Waals surface area contributed by atoms with Crippen molar-refractivity contribution in [3.05, 3.63) is 76.4 Å². The van der Waals surface area contributed by atoms with Crippen LogP contribution >= 0.6 is 11.3 Å². The fourth-order valence-electron chi connectivity index (χ4n) is 2.42. The minimum absolute atomic E-state index is 0.0251. The van der Waals surface area contributed by atoms with Crippen LogP contribution < -0.4 is 4.74 Å². The zero-order valence-corrected chi connectivity index (χ0v) is 14.3. The van der Waals surface area contributed by atoms with Gasteiger partial charge in [-0.15, -0.1) is 11.3 Å². The molecule has 0 atom stereocenters. The van der Waals surface area contributed by atoms with Gasteiger partial charge in [-0.3, -0.25) is 4.79 Å². The fourth-order valence-corrected chi connectivity index (χ4v) is 3.14. The van der Waals surface area contributed by atoms with Gasteiger partial charge in [0.1, 0.15) is 11.5 Å². The highest BCUT2D eigenvalue weighted by molar-refractivity contribution is 7.09. The Kier molecular flexibility index (Phi) is 5.33. The van der Waals surface area contributed by atoms with Crippen LogP contribution in [0.3, 0.4) is 0 Å². The van der Waals surface area contributed by atoms with E-state index in [1.54, 1.807) is 34.6 Å². The van der Waals surface area contributed by atoms with Gasteiger partial charge in [-0.05, 0) is 54.8 Å². The van der Waals surface area contributed by atoms with Crippen molar-refractivity contribution in [2.45, 2.75) is 20.0 Å². The first-order valence-corrected chi connectivity index (χ1v) is 8.71. The molecular formula is C19H19NO3S. The maximum absolute atomic E-state index is 12.9. The molecule has 3 rings (SSSR count). The summed E-state index contributed by atoms with van der Waals surface area (Å²) in [4.78, 5) is 15.8. The lowest BCUT2D eigenvalue weighted by Gasteiger charge is -2.21. The average Bonchev–Trinajstić information content (AvgIpc) is 3.28. The Morgan fingerprint density at radius 1 is 1.12 bits per heavy atom. The van der Waals surface area contributed by atoms with E-state index in [-0.39, 0.29) is 5.91 Å². The first kappa shape index (κ1) is 16.3. The SMILES string of the molecule is CCOc1ccc(C(=O)N(Cc2ccco2)Cc2cccs2)cc1. The zero-order valence-electron chi connectivity index (χ0n) is 13.5. The van der Waals surface area contributed by atoms with E-state index in [9.17, 15) is 4.79 Å². The number of rotatable bonds is 7. The van der Waals surface area contributed by atoms with Crippen LogP contribution in [0.15, 0.2) is 64.6 Å². The minimum Gasteiger partial charge on any atom is -0.494 e. The molecule has 0 fully saturated rings. The third-order valence-corrected chi connectivity index (χ3v) is 4.41. The van der Waals surface area contributed by atoms with E-state index in [1.165, 1.54) is 0 Å². The summed E-state index contributed by atoms with van der Waals surface area (Å²) >= 11 is 1.64. The van der Waals surface area contributed by atoms with E-state index in [1.807, 2.05) is 48.7 Å². The summed E-state index contributed by atoms with van der Waals surface area (Å²) in [6.45, 7) is 3.54. The third kappa shape index (κ3) is 4.06. The van der Waals surface area contributed by atoms with E-state index in [2.05, 4.69) is 0 Å². The van der Waals surface area contributed by atoms with Crippen molar-refractivity contribution in [2.24, 2.45) is 0 Å². The summed E-state index contributed by atoms with van der Waals surface area (Å²) in [6, 6.07) is 15.0. The fraction of sp³-hybridized carbons (Fsp3) is 0.211. The smallest absolute Gasteiger partial charge is 0.254 e. The highest BCUT2D eigenvalue weighted by Gasteiger charge is 2.18. The van der Waals surface area contributed by atoms with Gasteiger partial charge < -0.3 is 14.1 Å². The molecule has 5 heteroatoms. The van der Waals surface area contributed by atoms with Gasteiger partial charge in [0.25, 0.3) is 5.91 Å². The van der Waals surface area contributed by atoms with Crippen LogP contribution in [-0.4, -0.2) is 17.4 Å². The molecule has 124 valence electrons. The molecular weight excluding hydrogens is 322 g/mol. The molecule has 0 bridgehead atoms. The third-order valence-electron chi connectivity index (χ3n) is 3.55. The van der Waals surface area contributed by atoms with E-state index in [0.717, 1.165) is 16.4 Å². The van der Waals surface area contributed by atoms with Gasteiger partial charge in [0, 0.05) is 10.4 Å². The van der Waals surface area contributed by atoms with Crippen LogP contribution in [0, 0.1) is 0 Å². The summed E-state index contributed by atoms with van der Waals surface area (Å²) in [5.74, 6) is 1.51. The molecule has 0 radical (unpaired) electrons. The van der Waals surface area contributed by atoms with E-state index in [4.69, 9.17) is 9.15 Å². The Hall–Kier alpha value is -2.53. The van der Waals surface area contributed by atoms with E-state index >= 15 is 0 Å². The molecule has 24 heavy (non-hydrogen) atoms. The van der Waals surface area contributed by atoms with Gasteiger partial charge in [0.15, 0.2) is 0 Å². The van der Waals surface area contributed by atoms with Crippen molar-refractivity contribution in [2.75, 3.05) is 6.61 Å². The molecule has 3 aromatic rings. The van der Waals surface area contributed by atoms with Crippen molar-refractivity contribution in [3.8, 4) is 5.75 Å². The van der Waals surface area contributed by atoms with Crippen LogP contribution in [0.2, 0.25) is 0 Å². The van der Waals surface area contributed by atoms with Crippen LogP contribution in [0.4, 0.5) is 0 Å². The standard InChI is InChI=1S/C19H19NO3S/c1-2-22-16-9-7-15(8-10-16)19(21)20(13-17-5-3-11-23-17)14-18-6-4-12-24-18/h3-12H,2,13-14H2,1H3. The Balaban J connectivity index is 1.79. The van der Waals surface area contributed by atoms with Crippen LogP contribution in [-0.2, 0) is 13.1 Å². The van der Waals surface area contributed by atoms with Crippen LogP contribution in [0.5, 0.6) is 5.75 Å². The van der Waals surface area contributed by atoms with E-state index in [0.29, 0.717) is 25.3 Å². The lowest BCUT2D eigenvalue weighted by Crippen LogP contribution is -2.29. The van der Waals surface area contributed by atoms with Crippen molar-refractivity contribution >= 4 is 17.2 Å². The Morgan fingerprint density at radius 3 is 2.58 bits per heavy atom. The normalized spacial score (nSPS) is 10.5. The first-order valence-electron chi connectivity index (χ1n) is 7.83. The number of thiophene rings is 1. The Morgan fingerprint density at radius 2 is 1.96 bits per heavy atom. The number of furan rings is 1. The van der Waals surface area contributed by atoms with Gasteiger partial charge in [-0.1, -0.05) is 6.07 Å². The molecule has 0 unspecified atom stereocenters. The number of carbonyl (C=O) groups is 1. The predicted molar refractivity (Wildman–Crippen MR) is 94.2 cm³/mol. The highest BCUT2D eigenvalue weighted by Crippen LogP contribution is 2.19. The van der Waals surface area contributed by atoms with Gasteiger partial charge in [0.2, 0.25) is 0 Å². The van der Waals surface area contributed by atoms with Crippen molar-refractivity contribution < 1.29 is 13.9 Å². The maximum Gasteiger partial charge on any atom is 0.254 e. The molecule has 0 aliphatic heterocycles. The quantitative estimate of drug-likeness (QED) is 0.631. The molecule has 1 amide bonds. The number of benzene rings is 1. The zero-order chi connectivity index (χ0) is 16.8. The van der Waals surface area contributed by atoms with Crippen molar-refractivity contribution in [1.82, 2.24) is 4.90 Å². The molecule has 0 saturated carbocycles. The second-order valence-electron chi connectivity index (χ2n) is 5.28. The van der Waals surface area contributed by atoms with Gasteiger partial charge >= 0.3 is 0 Å². The lowest BCUT2D eigenvalue weighted by molar-refractivity contribution is 0.0719. The summed E-state index contributed by atoms with van der Waals surface area (Å²) in [6.07, 6.45) is 1.63. The summed E-state index contributed by atoms with van der Waals surface area (Å²) < 4.78 is 10.8. The second kappa shape index (κ2) is 7.84. The first-order chi connectivity index (χ1) is 11.8. The molecule has 0 aliphatic rings. The molecule has 0 N–H and O–H groups in total. The summed E-state index contributed by atoms with van der Waals surface area (Å²) in [5.41, 5.74) is 0.640. The molecule has 4 nitrogen and oxygen atoms in total. The maximum atomic E-state index is 12.9. The monoisotopic (exact) mass is 341 g/mol. The lowest BCUT2D eigenvalue weighted by atomic mass is 10.2. The number of nitrogens with zero attached hydrogens (tertiary/aromatic N) is 1. The van der Waals surface area contributed by atoms with E-state index < -0.39 is 0 Å². The average molecular weight is 341 g/mol. The molecule has 1 aromatic carbocycles.